The maximum absolute atomic E-state index is 13.0. The van der Waals surface area contributed by atoms with E-state index in [1.807, 2.05) is 6.07 Å². The lowest BCUT2D eigenvalue weighted by molar-refractivity contribution is -0.127. The Morgan fingerprint density at radius 3 is 2.53 bits per heavy atom. The van der Waals surface area contributed by atoms with Gasteiger partial charge in [0.05, 0.1) is 12.0 Å². The Labute approximate surface area is 199 Å². The van der Waals surface area contributed by atoms with Crippen LogP contribution in [0.15, 0.2) is 70.5 Å². The zero-order chi connectivity index (χ0) is 24.5. The van der Waals surface area contributed by atoms with Gasteiger partial charge in [0.25, 0.3) is 11.1 Å². The number of carbonyl (C=O) groups excluding carboxylic acids is 3. The van der Waals surface area contributed by atoms with Crippen LogP contribution in [0.3, 0.4) is 0 Å². The smallest absolute Gasteiger partial charge is 0.339 e. The molecule has 0 atom stereocenters. The topological polar surface area (TPSA) is 133 Å². The first-order valence-electron chi connectivity index (χ1n) is 9.83. The van der Waals surface area contributed by atoms with E-state index in [9.17, 15) is 22.8 Å². The number of thioether (sulfide) groups is 1. The number of nitrogens with two attached hydrogens (primary N) is 1. The summed E-state index contributed by atoms with van der Waals surface area (Å²) in [7, 11) is -2.85. The third-order valence-electron chi connectivity index (χ3n) is 4.89. The van der Waals surface area contributed by atoms with Gasteiger partial charge in [0.2, 0.25) is 5.91 Å². The predicted octanol–water partition coefficient (Wildman–Crippen LogP) is 3.14. The third kappa shape index (κ3) is 4.61. The molecule has 0 aromatic heterocycles. The van der Waals surface area contributed by atoms with Crippen LogP contribution in [0.4, 0.5) is 4.79 Å². The molecule has 0 radical (unpaired) electrons. The minimum atomic E-state index is -4.19. The van der Waals surface area contributed by atoms with Crippen molar-refractivity contribution in [1.29, 1.82) is 0 Å². The van der Waals surface area contributed by atoms with Gasteiger partial charge in [0.15, 0.2) is 11.5 Å². The van der Waals surface area contributed by atoms with Crippen molar-refractivity contribution in [1.82, 2.24) is 4.90 Å². The van der Waals surface area contributed by atoms with E-state index in [4.69, 9.17) is 14.7 Å². The van der Waals surface area contributed by atoms with Gasteiger partial charge in [-0.2, -0.15) is 8.42 Å². The van der Waals surface area contributed by atoms with Gasteiger partial charge in [-0.15, -0.1) is 0 Å². The van der Waals surface area contributed by atoms with E-state index in [1.165, 1.54) is 37.5 Å². The molecule has 1 saturated heterocycles. The molecule has 0 spiro atoms. The number of ether oxygens (including phenoxy) is 1. The molecular weight excluding hydrogens is 480 g/mol. The Bertz CT molecular complexity index is 1460. The summed E-state index contributed by atoms with van der Waals surface area (Å²) in [6.07, 6.45) is 1.43. The normalized spacial score (nSPS) is 15.2. The van der Waals surface area contributed by atoms with Crippen LogP contribution in [-0.4, -0.2) is 44.0 Å². The summed E-state index contributed by atoms with van der Waals surface area (Å²) in [6.45, 7) is -0.510. The molecule has 0 bridgehead atoms. The highest BCUT2D eigenvalue weighted by Crippen LogP contribution is 2.36. The average molecular weight is 499 g/mol. The lowest BCUT2D eigenvalue weighted by Crippen LogP contribution is -2.36. The van der Waals surface area contributed by atoms with Crippen molar-refractivity contribution in [3.63, 3.8) is 0 Å². The number of fused-ring (bicyclic) bond motifs is 1. The van der Waals surface area contributed by atoms with Crippen molar-refractivity contribution in [2.45, 2.75) is 4.90 Å². The number of hydrogen-bond donors (Lipinski definition) is 1. The molecule has 9 nitrogen and oxygen atoms in total. The van der Waals surface area contributed by atoms with Gasteiger partial charge in [0.1, 0.15) is 11.4 Å². The van der Waals surface area contributed by atoms with E-state index in [1.54, 1.807) is 30.3 Å². The van der Waals surface area contributed by atoms with Crippen LogP contribution in [0.25, 0.3) is 16.8 Å². The number of rotatable bonds is 7. The summed E-state index contributed by atoms with van der Waals surface area (Å²) in [5.74, 6) is -1.39. The Balaban J connectivity index is 1.63. The second kappa shape index (κ2) is 9.20. The molecule has 3 aromatic rings. The Morgan fingerprint density at radius 1 is 1.06 bits per heavy atom. The molecule has 0 unspecified atom stereocenters. The van der Waals surface area contributed by atoms with Crippen molar-refractivity contribution < 1.29 is 31.7 Å². The summed E-state index contributed by atoms with van der Waals surface area (Å²) < 4.78 is 36.7. The molecule has 4 rings (SSSR count). The van der Waals surface area contributed by atoms with E-state index in [0.29, 0.717) is 22.7 Å². The standard InChI is InChI=1S/C23H18N2O7S2/c1-31-18-11-14(12-19-22(27)25(13-21(24)26)23(28)33-19)9-10-17(18)32-34(29,30)20-8-4-6-15-5-2-3-7-16(15)20/h2-12H,13H2,1H3,(H2,24,26)/b19-12-. The first kappa shape index (κ1) is 23.3. The van der Waals surface area contributed by atoms with Crippen molar-refractivity contribution in [3.8, 4) is 11.5 Å². The van der Waals surface area contributed by atoms with Gasteiger partial charge < -0.3 is 14.7 Å². The second-order valence-electron chi connectivity index (χ2n) is 7.16. The fourth-order valence-corrected chi connectivity index (χ4v) is 5.37. The zero-order valence-electron chi connectivity index (χ0n) is 17.8. The molecule has 1 fully saturated rings. The SMILES string of the molecule is COc1cc(/C=C2\SC(=O)N(CC(N)=O)C2=O)ccc1OS(=O)(=O)c1cccc2ccccc12. The molecule has 2 N–H and O–H groups in total. The van der Waals surface area contributed by atoms with Gasteiger partial charge in [-0.05, 0) is 47.0 Å². The van der Waals surface area contributed by atoms with Crippen LogP contribution >= 0.6 is 11.8 Å². The average Bonchev–Trinajstić information content (AvgIpc) is 3.06. The second-order valence-corrected chi connectivity index (χ2v) is 9.67. The molecule has 34 heavy (non-hydrogen) atoms. The lowest BCUT2D eigenvalue weighted by Gasteiger charge is -2.13. The first-order valence-corrected chi connectivity index (χ1v) is 12.1. The summed E-state index contributed by atoms with van der Waals surface area (Å²) >= 11 is 0.667. The fourth-order valence-electron chi connectivity index (χ4n) is 3.36. The monoisotopic (exact) mass is 498 g/mol. The molecular formula is C23H18N2O7S2. The molecule has 11 heteroatoms. The number of nitrogens with zero attached hydrogens (tertiary/aromatic N) is 1. The van der Waals surface area contributed by atoms with Crippen LogP contribution in [-0.2, 0) is 19.7 Å². The maximum atomic E-state index is 13.0. The summed E-state index contributed by atoms with van der Waals surface area (Å²) in [5, 5.41) is 0.662. The van der Waals surface area contributed by atoms with E-state index < -0.39 is 33.7 Å². The number of primary amides is 1. The van der Waals surface area contributed by atoms with E-state index in [-0.39, 0.29) is 21.3 Å². The first-order chi connectivity index (χ1) is 16.2. The van der Waals surface area contributed by atoms with Crippen molar-refractivity contribution in [3.05, 3.63) is 71.1 Å². The third-order valence-corrected chi connectivity index (χ3v) is 7.09. The van der Waals surface area contributed by atoms with Crippen molar-refractivity contribution in [2.24, 2.45) is 5.73 Å². The number of amides is 3. The summed E-state index contributed by atoms with van der Waals surface area (Å²) in [5.41, 5.74) is 5.53. The number of imide groups is 1. The van der Waals surface area contributed by atoms with E-state index in [2.05, 4.69) is 0 Å². The van der Waals surface area contributed by atoms with Crippen LogP contribution < -0.4 is 14.7 Å². The van der Waals surface area contributed by atoms with E-state index >= 15 is 0 Å². The Morgan fingerprint density at radius 2 is 1.79 bits per heavy atom. The van der Waals surface area contributed by atoms with Crippen molar-refractivity contribution in [2.75, 3.05) is 13.7 Å². The minimum Gasteiger partial charge on any atom is -0.493 e. The fraction of sp³-hybridized carbons (Fsp3) is 0.0870. The predicted molar refractivity (Wildman–Crippen MR) is 127 cm³/mol. The Hall–Kier alpha value is -3.83. The lowest BCUT2D eigenvalue weighted by atomic mass is 10.1. The molecule has 1 heterocycles. The largest absolute Gasteiger partial charge is 0.493 e. The Kier molecular flexibility index (Phi) is 6.31. The quantitative estimate of drug-likeness (QED) is 0.388. The van der Waals surface area contributed by atoms with Crippen LogP contribution in [0.2, 0.25) is 0 Å². The zero-order valence-corrected chi connectivity index (χ0v) is 19.4. The summed E-state index contributed by atoms with van der Waals surface area (Å²) in [6, 6.07) is 16.3. The highest BCUT2D eigenvalue weighted by atomic mass is 32.2. The number of benzene rings is 3. The van der Waals surface area contributed by atoms with Crippen LogP contribution in [0.1, 0.15) is 5.56 Å². The maximum Gasteiger partial charge on any atom is 0.339 e. The molecule has 0 aliphatic carbocycles. The van der Waals surface area contributed by atoms with Crippen molar-refractivity contribution >= 4 is 55.8 Å². The molecule has 3 aromatic carbocycles. The molecule has 3 amide bonds. The van der Waals surface area contributed by atoms with Crippen LogP contribution in [0.5, 0.6) is 11.5 Å². The highest BCUT2D eigenvalue weighted by Gasteiger charge is 2.35. The van der Waals surface area contributed by atoms with Gasteiger partial charge in [-0.3, -0.25) is 19.3 Å². The molecule has 1 aliphatic heterocycles. The van der Waals surface area contributed by atoms with E-state index in [0.717, 1.165) is 10.3 Å². The minimum absolute atomic E-state index is 0.0138. The van der Waals surface area contributed by atoms with Gasteiger partial charge >= 0.3 is 10.1 Å². The number of hydrogen-bond acceptors (Lipinski definition) is 8. The number of carbonyl (C=O) groups is 3. The van der Waals surface area contributed by atoms with Crippen LogP contribution in [0, 0.1) is 0 Å². The molecule has 1 aliphatic rings. The van der Waals surface area contributed by atoms with Gasteiger partial charge in [-0.1, -0.05) is 42.5 Å². The molecule has 174 valence electrons. The molecule has 0 saturated carbocycles. The highest BCUT2D eigenvalue weighted by molar-refractivity contribution is 8.18. The van der Waals surface area contributed by atoms with Gasteiger partial charge in [0, 0.05) is 5.39 Å². The summed E-state index contributed by atoms with van der Waals surface area (Å²) in [4.78, 5) is 36.3. The number of methoxy groups -OCH3 is 1. The van der Waals surface area contributed by atoms with Gasteiger partial charge in [-0.25, -0.2) is 0 Å².